The maximum atomic E-state index is 4.10. The number of rotatable bonds is 5. The molecule has 0 heterocycles. The molecule has 0 spiro atoms. The van der Waals surface area contributed by atoms with Crippen molar-refractivity contribution in [2.75, 3.05) is 0 Å². The van der Waals surface area contributed by atoms with Gasteiger partial charge in [0.25, 0.3) is 0 Å². The van der Waals surface area contributed by atoms with Crippen LogP contribution in [0.4, 0.5) is 0 Å². The first-order valence-electron chi connectivity index (χ1n) is 4.81. The monoisotopic (exact) mass is 155 g/mol. The Kier molecular flexibility index (Phi) is 4.79. The van der Waals surface area contributed by atoms with Crippen LogP contribution in [-0.4, -0.2) is 0 Å². The first kappa shape index (κ1) is 11.0. The summed E-state index contributed by atoms with van der Waals surface area (Å²) >= 11 is 0. The second-order valence-corrected chi connectivity index (χ2v) is 4.60. The minimum Gasteiger partial charge on any atom is -0.0654 e. The van der Waals surface area contributed by atoms with Crippen molar-refractivity contribution in [3.63, 3.8) is 0 Å². The molecule has 0 aromatic rings. The van der Waals surface area contributed by atoms with Crippen LogP contribution < -0.4 is 0 Å². The molecule has 0 nitrogen and oxygen atoms in total. The van der Waals surface area contributed by atoms with Crippen molar-refractivity contribution in [3.8, 4) is 0 Å². The predicted octanol–water partition coefficient (Wildman–Crippen LogP) is 4.06. The molecule has 67 valence electrons. The molecule has 0 rings (SSSR count). The van der Waals surface area contributed by atoms with Gasteiger partial charge in [-0.2, -0.15) is 0 Å². The SMILES string of the molecule is [CH2]C(C)(C)CCC(C)CCC. The topological polar surface area (TPSA) is 0 Å². The molecule has 1 radical (unpaired) electrons. The van der Waals surface area contributed by atoms with E-state index in [0.29, 0.717) is 0 Å². The fraction of sp³-hybridized carbons (Fsp3) is 0.909. The van der Waals surface area contributed by atoms with E-state index in [1.165, 1.54) is 25.7 Å². The maximum absolute atomic E-state index is 4.10. The van der Waals surface area contributed by atoms with Gasteiger partial charge in [-0.15, -0.1) is 0 Å². The molecule has 0 saturated carbocycles. The van der Waals surface area contributed by atoms with Gasteiger partial charge in [0.05, 0.1) is 0 Å². The van der Waals surface area contributed by atoms with Crippen molar-refractivity contribution in [1.29, 1.82) is 0 Å². The van der Waals surface area contributed by atoms with Gasteiger partial charge in [-0.1, -0.05) is 47.0 Å². The molecule has 0 heteroatoms. The molecule has 0 bridgehead atoms. The maximum Gasteiger partial charge on any atom is -0.0354 e. The highest BCUT2D eigenvalue weighted by atomic mass is 14.2. The molecule has 0 aromatic carbocycles. The predicted molar refractivity (Wildman–Crippen MR) is 52.4 cm³/mol. The van der Waals surface area contributed by atoms with E-state index in [1.54, 1.807) is 0 Å². The van der Waals surface area contributed by atoms with Crippen molar-refractivity contribution < 1.29 is 0 Å². The van der Waals surface area contributed by atoms with Gasteiger partial charge >= 0.3 is 0 Å². The molecule has 0 N–H and O–H groups in total. The highest BCUT2D eigenvalue weighted by Gasteiger charge is 2.11. The van der Waals surface area contributed by atoms with Crippen LogP contribution in [0, 0.1) is 18.3 Å². The van der Waals surface area contributed by atoms with Gasteiger partial charge in [0.2, 0.25) is 0 Å². The Morgan fingerprint density at radius 2 is 1.82 bits per heavy atom. The van der Waals surface area contributed by atoms with Crippen LogP contribution in [0.25, 0.3) is 0 Å². The molecule has 0 saturated heterocycles. The van der Waals surface area contributed by atoms with E-state index in [-0.39, 0.29) is 5.41 Å². The van der Waals surface area contributed by atoms with Crippen LogP contribution in [0.5, 0.6) is 0 Å². The van der Waals surface area contributed by atoms with Crippen LogP contribution in [0.15, 0.2) is 0 Å². The molecule has 0 aliphatic carbocycles. The van der Waals surface area contributed by atoms with Gasteiger partial charge in [-0.25, -0.2) is 0 Å². The second kappa shape index (κ2) is 4.79. The van der Waals surface area contributed by atoms with Crippen molar-refractivity contribution in [2.45, 2.75) is 53.4 Å². The summed E-state index contributed by atoms with van der Waals surface area (Å²) < 4.78 is 0. The van der Waals surface area contributed by atoms with E-state index >= 15 is 0 Å². The third-order valence-electron chi connectivity index (χ3n) is 2.10. The zero-order valence-corrected chi connectivity index (χ0v) is 8.61. The van der Waals surface area contributed by atoms with Crippen molar-refractivity contribution >= 4 is 0 Å². The molecular weight excluding hydrogens is 132 g/mol. The molecule has 0 aromatic heterocycles. The van der Waals surface area contributed by atoms with Crippen LogP contribution in [0.1, 0.15) is 53.4 Å². The zero-order valence-electron chi connectivity index (χ0n) is 8.61. The minimum atomic E-state index is 0.280. The fourth-order valence-corrected chi connectivity index (χ4v) is 1.27. The number of hydrogen-bond acceptors (Lipinski definition) is 0. The summed E-state index contributed by atoms with van der Waals surface area (Å²) in [5, 5.41) is 0. The normalized spacial score (nSPS) is 15.0. The molecule has 0 aliphatic rings. The largest absolute Gasteiger partial charge is 0.0654 e. The molecule has 1 atom stereocenters. The van der Waals surface area contributed by atoms with E-state index < -0.39 is 0 Å². The Morgan fingerprint density at radius 3 is 2.18 bits per heavy atom. The van der Waals surface area contributed by atoms with E-state index in [0.717, 1.165) is 5.92 Å². The lowest BCUT2D eigenvalue weighted by molar-refractivity contribution is 0.357. The highest BCUT2D eigenvalue weighted by molar-refractivity contribution is 4.71. The summed E-state index contributed by atoms with van der Waals surface area (Å²) in [6, 6.07) is 0. The second-order valence-electron chi connectivity index (χ2n) is 4.60. The van der Waals surface area contributed by atoms with Crippen molar-refractivity contribution in [2.24, 2.45) is 11.3 Å². The molecule has 0 amide bonds. The molecule has 1 unspecified atom stereocenters. The van der Waals surface area contributed by atoms with Crippen LogP contribution >= 0.6 is 0 Å². The third-order valence-corrected chi connectivity index (χ3v) is 2.10. The van der Waals surface area contributed by atoms with Gasteiger partial charge in [-0.3, -0.25) is 0 Å². The van der Waals surface area contributed by atoms with E-state index in [2.05, 4.69) is 34.6 Å². The van der Waals surface area contributed by atoms with Crippen LogP contribution in [-0.2, 0) is 0 Å². The first-order valence-corrected chi connectivity index (χ1v) is 4.81. The van der Waals surface area contributed by atoms with Crippen molar-refractivity contribution in [1.82, 2.24) is 0 Å². The summed E-state index contributed by atoms with van der Waals surface area (Å²) in [7, 11) is 0. The molecular formula is C11H23. The average Bonchev–Trinajstić information content (AvgIpc) is 1.83. The molecule has 11 heavy (non-hydrogen) atoms. The van der Waals surface area contributed by atoms with Crippen molar-refractivity contribution in [3.05, 3.63) is 6.92 Å². The Hall–Kier alpha value is 0. The minimum absolute atomic E-state index is 0.280. The summed E-state index contributed by atoms with van der Waals surface area (Å²) in [4.78, 5) is 0. The third kappa shape index (κ3) is 7.90. The van der Waals surface area contributed by atoms with E-state index in [4.69, 9.17) is 0 Å². The van der Waals surface area contributed by atoms with Gasteiger partial charge in [0, 0.05) is 0 Å². The summed E-state index contributed by atoms with van der Waals surface area (Å²) in [5.74, 6) is 0.890. The quantitative estimate of drug-likeness (QED) is 0.561. The van der Waals surface area contributed by atoms with E-state index in [9.17, 15) is 0 Å². The Balaban J connectivity index is 3.38. The van der Waals surface area contributed by atoms with Gasteiger partial charge < -0.3 is 0 Å². The van der Waals surface area contributed by atoms with Crippen LogP contribution in [0.2, 0.25) is 0 Å². The Morgan fingerprint density at radius 1 is 1.27 bits per heavy atom. The highest BCUT2D eigenvalue weighted by Crippen LogP contribution is 2.24. The zero-order chi connectivity index (χ0) is 8.91. The summed E-state index contributed by atoms with van der Waals surface area (Å²) in [5.41, 5.74) is 0.280. The molecule has 0 fully saturated rings. The van der Waals surface area contributed by atoms with Gasteiger partial charge in [-0.05, 0) is 24.7 Å². The number of hydrogen-bond donors (Lipinski definition) is 0. The lowest BCUT2D eigenvalue weighted by atomic mass is 9.86. The van der Waals surface area contributed by atoms with Gasteiger partial charge in [0.15, 0.2) is 0 Å². The molecule has 0 aliphatic heterocycles. The van der Waals surface area contributed by atoms with Crippen LogP contribution in [0.3, 0.4) is 0 Å². The first-order chi connectivity index (χ1) is 4.95. The summed E-state index contributed by atoms with van der Waals surface area (Å²) in [6.07, 6.45) is 5.29. The smallest absolute Gasteiger partial charge is 0.0354 e. The lowest BCUT2D eigenvalue weighted by Crippen LogP contribution is -2.07. The van der Waals surface area contributed by atoms with Gasteiger partial charge in [0.1, 0.15) is 0 Å². The average molecular weight is 155 g/mol. The van der Waals surface area contributed by atoms with E-state index in [1.807, 2.05) is 0 Å². The lowest BCUT2D eigenvalue weighted by Gasteiger charge is -2.20. The fourth-order valence-electron chi connectivity index (χ4n) is 1.27. The Labute approximate surface area is 72.4 Å². The standard InChI is InChI=1S/C11H23/c1-6-7-10(2)8-9-11(3,4)5/h10H,3,6-9H2,1-2,4-5H3. The Bertz CT molecular complexity index is 86.7. The summed E-state index contributed by atoms with van der Waals surface area (Å²) in [6.45, 7) is 13.1.